The first kappa shape index (κ1) is 27.3. The molecular weight excluding hydrogens is 510 g/mol. The number of Topliss-reactive ketones (excluding diaryl/α,β-unsaturated/α-hetero) is 1. The highest BCUT2D eigenvalue weighted by Crippen LogP contribution is 2.43. The highest BCUT2D eigenvalue weighted by atomic mass is 32.2. The molecule has 38 heavy (non-hydrogen) atoms. The number of benzene rings is 2. The first-order valence-corrected chi connectivity index (χ1v) is 13.6. The Labute approximate surface area is 221 Å². The SMILES string of the molecule is COc1ccc(C2=C(O)/C(=C/C3=[N+](CCCCCC(=O)O)c4ccc(S(=O)(=O)[O-])cc4C3(C)C)C2=O)cc1. The molecule has 9 nitrogen and oxygen atoms in total. The summed E-state index contributed by atoms with van der Waals surface area (Å²) in [4.78, 5) is 23.6. The van der Waals surface area contributed by atoms with Crippen LogP contribution >= 0.6 is 0 Å². The number of aliphatic carboxylic acids is 1. The van der Waals surface area contributed by atoms with Gasteiger partial charge in [0.25, 0.3) is 0 Å². The van der Waals surface area contributed by atoms with E-state index < -0.39 is 21.5 Å². The number of unbranched alkanes of at least 4 members (excludes halogenated alkanes) is 2. The van der Waals surface area contributed by atoms with Crippen molar-refractivity contribution in [3.05, 3.63) is 71.0 Å². The molecule has 0 unspecified atom stereocenters. The van der Waals surface area contributed by atoms with Gasteiger partial charge in [0, 0.05) is 30.5 Å². The van der Waals surface area contributed by atoms with Crippen molar-refractivity contribution in [3.8, 4) is 5.75 Å². The van der Waals surface area contributed by atoms with Crippen LogP contribution in [0.4, 0.5) is 5.69 Å². The van der Waals surface area contributed by atoms with E-state index in [1.807, 2.05) is 18.4 Å². The lowest BCUT2D eigenvalue weighted by Crippen LogP contribution is -2.31. The van der Waals surface area contributed by atoms with Gasteiger partial charge in [-0.3, -0.25) is 9.59 Å². The van der Waals surface area contributed by atoms with E-state index in [1.54, 1.807) is 36.4 Å². The Bertz CT molecular complexity index is 1510. The van der Waals surface area contributed by atoms with Crippen LogP contribution in [0.3, 0.4) is 0 Å². The van der Waals surface area contributed by atoms with Gasteiger partial charge in [-0.15, -0.1) is 0 Å². The molecule has 2 aromatic rings. The molecule has 0 fully saturated rings. The topological polar surface area (TPSA) is 144 Å². The zero-order chi connectivity index (χ0) is 27.8. The molecule has 10 heteroatoms. The molecule has 0 atom stereocenters. The first-order chi connectivity index (χ1) is 17.9. The predicted octanol–water partition coefficient (Wildman–Crippen LogP) is 4.10. The Morgan fingerprint density at radius 1 is 1.11 bits per heavy atom. The Balaban J connectivity index is 1.74. The number of carbonyl (C=O) groups excluding carboxylic acids is 1. The molecule has 1 heterocycles. The number of hydrogen-bond acceptors (Lipinski definition) is 7. The van der Waals surface area contributed by atoms with Crippen LogP contribution in [-0.4, -0.2) is 58.9 Å². The standard InChI is InChI=1S/C28H29NO8S/c1-28(2)21-15-19(38(34,35)36)12-13-22(21)29(14-6-4-5-7-24(30)31)23(28)16-20-26(32)25(27(20)33)17-8-10-18(37-3)11-9-17/h8-13,15-16H,4-7,14H2,1-3H3,(H2-,30,31,32,33,34,35,36). The molecule has 1 aliphatic heterocycles. The number of aliphatic hydroxyl groups is 1. The third-order valence-electron chi connectivity index (χ3n) is 7.05. The fourth-order valence-electron chi connectivity index (χ4n) is 4.95. The summed E-state index contributed by atoms with van der Waals surface area (Å²) in [6.45, 7) is 4.19. The van der Waals surface area contributed by atoms with E-state index in [2.05, 4.69) is 0 Å². The molecule has 0 saturated heterocycles. The lowest BCUT2D eigenvalue weighted by molar-refractivity contribution is -0.438. The molecule has 0 saturated carbocycles. The summed E-state index contributed by atoms with van der Waals surface area (Å²) in [5.41, 5.74) is 2.07. The van der Waals surface area contributed by atoms with Crippen LogP contribution in [-0.2, 0) is 25.1 Å². The molecule has 2 aromatic carbocycles. The van der Waals surface area contributed by atoms with Gasteiger partial charge in [0.1, 0.15) is 28.2 Å². The van der Waals surface area contributed by atoms with E-state index in [0.29, 0.717) is 54.1 Å². The number of carbonyl (C=O) groups is 2. The maximum atomic E-state index is 13.1. The van der Waals surface area contributed by atoms with Crippen molar-refractivity contribution in [2.24, 2.45) is 0 Å². The molecule has 4 rings (SSSR count). The van der Waals surface area contributed by atoms with Gasteiger partial charge in [0.05, 0.1) is 28.6 Å². The molecule has 2 aliphatic rings. The lowest BCUT2D eigenvalue weighted by atomic mass is 9.77. The van der Waals surface area contributed by atoms with Crippen molar-refractivity contribution >= 4 is 38.8 Å². The molecule has 1 aliphatic carbocycles. The Hall–Kier alpha value is -3.76. The minimum atomic E-state index is -4.68. The average molecular weight is 540 g/mol. The zero-order valence-corrected chi connectivity index (χ0v) is 22.2. The van der Waals surface area contributed by atoms with E-state index in [9.17, 15) is 27.7 Å². The van der Waals surface area contributed by atoms with E-state index in [0.717, 1.165) is 0 Å². The molecule has 0 aromatic heterocycles. The fraction of sp³-hybridized carbons (Fsp3) is 0.321. The predicted molar refractivity (Wildman–Crippen MR) is 139 cm³/mol. The Morgan fingerprint density at radius 2 is 1.79 bits per heavy atom. The molecule has 0 radical (unpaired) electrons. The second kappa shape index (κ2) is 10.2. The third kappa shape index (κ3) is 5.01. The number of aliphatic hydroxyl groups excluding tert-OH is 1. The number of allylic oxidation sites excluding steroid dienone is 3. The normalized spacial score (nSPS) is 17.6. The minimum absolute atomic E-state index is 0.0642. The van der Waals surface area contributed by atoms with Crippen molar-refractivity contribution in [1.82, 2.24) is 0 Å². The van der Waals surface area contributed by atoms with Gasteiger partial charge in [0.2, 0.25) is 11.5 Å². The highest BCUT2D eigenvalue weighted by molar-refractivity contribution is 7.85. The summed E-state index contributed by atoms with van der Waals surface area (Å²) >= 11 is 0. The minimum Gasteiger partial charge on any atom is -0.744 e. The van der Waals surface area contributed by atoms with Crippen molar-refractivity contribution < 1.29 is 42.1 Å². The molecule has 200 valence electrons. The zero-order valence-electron chi connectivity index (χ0n) is 21.4. The number of ketones is 1. The maximum absolute atomic E-state index is 13.1. The van der Waals surface area contributed by atoms with Gasteiger partial charge in [0.15, 0.2) is 5.71 Å². The highest BCUT2D eigenvalue weighted by Gasteiger charge is 2.46. The largest absolute Gasteiger partial charge is 0.744 e. The van der Waals surface area contributed by atoms with Crippen LogP contribution in [0.1, 0.15) is 50.7 Å². The summed E-state index contributed by atoms with van der Waals surface area (Å²) < 4.78 is 42.2. The molecule has 0 amide bonds. The number of nitrogens with zero attached hydrogens (tertiary/aromatic N) is 1. The van der Waals surface area contributed by atoms with Crippen LogP contribution in [0.25, 0.3) is 5.57 Å². The quantitative estimate of drug-likeness (QED) is 0.199. The van der Waals surface area contributed by atoms with Crippen LogP contribution in [0.2, 0.25) is 0 Å². The number of carboxylic acid groups (broad SMARTS) is 1. The summed E-state index contributed by atoms with van der Waals surface area (Å²) in [6, 6.07) is 11.0. The molecule has 2 N–H and O–H groups in total. The second-order valence-corrected chi connectivity index (χ2v) is 11.2. The van der Waals surface area contributed by atoms with Crippen LogP contribution in [0, 0.1) is 0 Å². The van der Waals surface area contributed by atoms with Gasteiger partial charge < -0.3 is 19.5 Å². The maximum Gasteiger partial charge on any atom is 0.303 e. The fourth-order valence-corrected chi connectivity index (χ4v) is 5.45. The van der Waals surface area contributed by atoms with E-state index in [1.165, 1.54) is 19.2 Å². The summed E-state index contributed by atoms with van der Waals surface area (Å²) in [7, 11) is -3.14. The molecular formula is C28H29NO8S. The van der Waals surface area contributed by atoms with E-state index in [-0.39, 0.29) is 34.0 Å². The van der Waals surface area contributed by atoms with Gasteiger partial charge in [-0.05, 0) is 56.5 Å². The van der Waals surface area contributed by atoms with Crippen LogP contribution in [0.5, 0.6) is 5.75 Å². The lowest BCUT2D eigenvalue weighted by Gasteiger charge is -2.23. The smallest absolute Gasteiger partial charge is 0.303 e. The number of ether oxygens (including phenoxy) is 1. The number of fused-ring (bicyclic) bond motifs is 1. The van der Waals surface area contributed by atoms with Gasteiger partial charge in [-0.1, -0.05) is 12.1 Å². The Kier molecular flexibility index (Phi) is 7.31. The third-order valence-corrected chi connectivity index (χ3v) is 7.88. The van der Waals surface area contributed by atoms with Gasteiger partial charge in [-0.25, -0.2) is 8.42 Å². The van der Waals surface area contributed by atoms with Crippen molar-refractivity contribution in [3.63, 3.8) is 0 Å². The number of rotatable bonds is 10. The van der Waals surface area contributed by atoms with Crippen molar-refractivity contribution in [2.45, 2.75) is 49.8 Å². The number of carboxylic acids is 1. The molecule has 0 spiro atoms. The summed E-state index contributed by atoms with van der Waals surface area (Å²) in [6.07, 6.45) is 3.49. The van der Waals surface area contributed by atoms with Gasteiger partial charge in [-0.2, -0.15) is 4.58 Å². The van der Waals surface area contributed by atoms with E-state index >= 15 is 0 Å². The van der Waals surface area contributed by atoms with Gasteiger partial charge >= 0.3 is 5.97 Å². The van der Waals surface area contributed by atoms with E-state index in [4.69, 9.17) is 9.84 Å². The van der Waals surface area contributed by atoms with Crippen LogP contribution < -0.4 is 4.74 Å². The first-order valence-electron chi connectivity index (χ1n) is 12.2. The van der Waals surface area contributed by atoms with Crippen LogP contribution in [0.15, 0.2) is 64.8 Å². The summed E-state index contributed by atoms with van der Waals surface area (Å²) in [5.74, 6) is -0.699. The number of methoxy groups -OCH3 is 1. The average Bonchev–Trinajstić information content (AvgIpc) is 3.07. The second-order valence-electron chi connectivity index (χ2n) is 9.84. The molecule has 0 bridgehead atoms. The van der Waals surface area contributed by atoms with Crippen molar-refractivity contribution in [1.29, 1.82) is 0 Å². The number of hydrogen-bond donors (Lipinski definition) is 2. The monoisotopic (exact) mass is 539 g/mol. The summed E-state index contributed by atoms with van der Waals surface area (Å²) in [5, 5.41) is 19.8. The van der Waals surface area contributed by atoms with Crippen molar-refractivity contribution in [2.75, 3.05) is 13.7 Å². The Morgan fingerprint density at radius 3 is 2.37 bits per heavy atom.